The van der Waals surface area contributed by atoms with Crippen molar-refractivity contribution in [2.45, 2.75) is 26.2 Å². The second kappa shape index (κ2) is 5.79. The Bertz CT molecular complexity index is 742. The Morgan fingerprint density at radius 1 is 1.04 bits per heavy atom. The van der Waals surface area contributed by atoms with Crippen LogP contribution in [0.3, 0.4) is 0 Å². The topological polar surface area (TPSA) is 83.6 Å². The third-order valence-corrected chi connectivity index (χ3v) is 5.90. The van der Waals surface area contributed by atoms with Crippen LogP contribution in [0.15, 0.2) is 24.3 Å². The molecule has 1 aromatic rings. The van der Waals surface area contributed by atoms with Crippen LogP contribution in [0.25, 0.3) is 0 Å². The van der Waals surface area contributed by atoms with Crippen molar-refractivity contribution in [1.29, 1.82) is 0 Å². The maximum Gasteiger partial charge on any atom is 0.244 e. The molecule has 0 unspecified atom stereocenters. The second-order valence-corrected chi connectivity index (χ2v) is 7.33. The third kappa shape index (κ3) is 2.56. The lowest BCUT2D eigenvalue weighted by molar-refractivity contribution is -0.143. The van der Waals surface area contributed by atoms with E-state index in [1.165, 1.54) is 6.92 Å². The van der Waals surface area contributed by atoms with E-state index in [4.69, 9.17) is 0 Å². The van der Waals surface area contributed by atoms with Gasteiger partial charge in [-0.25, -0.2) is 0 Å². The van der Waals surface area contributed by atoms with Crippen molar-refractivity contribution < 1.29 is 19.2 Å². The number of rotatable bonds is 4. The minimum absolute atomic E-state index is 0.0488. The van der Waals surface area contributed by atoms with Crippen molar-refractivity contribution in [2.24, 2.45) is 23.7 Å². The van der Waals surface area contributed by atoms with Crippen LogP contribution in [-0.2, 0) is 14.4 Å². The molecule has 4 rings (SSSR count). The first kappa shape index (κ1) is 16.0. The van der Waals surface area contributed by atoms with Crippen LogP contribution in [0.1, 0.15) is 36.5 Å². The number of nitrogens with one attached hydrogen (secondary N) is 1. The van der Waals surface area contributed by atoms with Crippen LogP contribution < -0.4 is 5.32 Å². The number of amides is 3. The summed E-state index contributed by atoms with van der Waals surface area (Å²) in [5.41, 5.74) is 1.10. The van der Waals surface area contributed by atoms with Gasteiger partial charge in [-0.05, 0) is 62.3 Å². The van der Waals surface area contributed by atoms with E-state index >= 15 is 0 Å². The quantitative estimate of drug-likeness (QED) is 0.670. The molecule has 130 valence electrons. The molecule has 3 fully saturated rings. The standard InChI is InChI=1S/C19H20N2O4/c1-10(22)11-4-6-14(7-5-11)20-15(23)9-21-18(24)16-12-2-3-13(8-12)17(16)19(21)25/h4-7,12-13,16-17H,2-3,8-9H2,1H3,(H,20,23)/t12-,13+,16-,17-/m0/s1. The van der Waals surface area contributed by atoms with Gasteiger partial charge < -0.3 is 5.32 Å². The molecule has 2 saturated carbocycles. The van der Waals surface area contributed by atoms with Crippen LogP contribution >= 0.6 is 0 Å². The summed E-state index contributed by atoms with van der Waals surface area (Å²) in [6.07, 6.45) is 3.02. The molecule has 0 radical (unpaired) electrons. The Kier molecular flexibility index (Phi) is 3.71. The number of hydrogen-bond acceptors (Lipinski definition) is 4. The third-order valence-electron chi connectivity index (χ3n) is 5.90. The number of carbonyl (C=O) groups excluding carboxylic acids is 4. The Morgan fingerprint density at radius 3 is 2.12 bits per heavy atom. The smallest absolute Gasteiger partial charge is 0.244 e. The SMILES string of the molecule is CC(=O)c1ccc(NC(=O)CN2C(=O)[C@H]3[C@@H]4CC[C@@H](C4)[C@@H]3C2=O)cc1. The summed E-state index contributed by atoms with van der Waals surface area (Å²) in [4.78, 5) is 49.8. The molecule has 1 saturated heterocycles. The molecule has 1 aliphatic heterocycles. The molecule has 3 aliphatic rings. The van der Waals surface area contributed by atoms with Gasteiger partial charge in [0.2, 0.25) is 17.7 Å². The van der Waals surface area contributed by atoms with E-state index < -0.39 is 5.91 Å². The lowest BCUT2D eigenvalue weighted by atomic mass is 9.81. The van der Waals surface area contributed by atoms with Crippen LogP contribution in [0, 0.1) is 23.7 Å². The highest BCUT2D eigenvalue weighted by Gasteiger charge is 2.60. The Balaban J connectivity index is 1.42. The van der Waals surface area contributed by atoms with Gasteiger partial charge in [-0.15, -0.1) is 0 Å². The summed E-state index contributed by atoms with van der Waals surface area (Å²) in [6, 6.07) is 6.53. The van der Waals surface area contributed by atoms with Gasteiger partial charge in [0.1, 0.15) is 6.54 Å². The highest BCUT2D eigenvalue weighted by atomic mass is 16.2. The molecule has 6 nitrogen and oxygen atoms in total. The van der Waals surface area contributed by atoms with E-state index in [-0.39, 0.29) is 36.0 Å². The van der Waals surface area contributed by atoms with E-state index in [0.29, 0.717) is 23.1 Å². The molecule has 2 bridgehead atoms. The highest BCUT2D eigenvalue weighted by Crippen LogP contribution is 2.56. The summed E-state index contributed by atoms with van der Waals surface area (Å²) in [5.74, 6) is -0.564. The van der Waals surface area contributed by atoms with Crippen LogP contribution in [0.5, 0.6) is 0 Å². The van der Waals surface area contributed by atoms with Gasteiger partial charge in [-0.1, -0.05) is 0 Å². The first-order chi connectivity index (χ1) is 12.0. The normalized spacial score (nSPS) is 29.9. The van der Waals surface area contributed by atoms with Gasteiger partial charge in [0, 0.05) is 11.3 Å². The lowest BCUT2D eigenvalue weighted by Crippen LogP contribution is -2.39. The van der Waals surface area contributed by atoms with Gasteiger partial charge in [-0.2, -0.15) is 0 Å². The molecule has 6 heteroatoms. The monoisotopic (exact) mass is 340 g/mol. The molecule has 4 atom stereocenters. The summed E-state index contributed by atoms with van der Waals surface area (Å²) >= 11 is 0. The summed E-state index contributed by atoms with van der Waals surface area (Å²) in [5, 5.41) is 2.68. The van der Waals surface area contributed by atoms with Crippen molar-refractivity contribution in [3.63, 3.8) is 0 Å². The van der Waals surface area contributed by atoms with Crippen LogP contribution in [0.4, 0.5) is 5.69 Å². The van der Waals surface area contributed by atoms with Gasteiger partial charge in [0.05, 0.1) is 11.8 Å². The second-order valence-electron chi connectivity index (χ2n) is 7.33. The number of fused-ring (bicyclic) bond motifs is 5. The molecule has 0 spiro atoms. The fourth-order valence-corrected chi connectivity index (χ4v) is 4.76. The number of Topliss-reactive ketones (excluding diaryl/α,β-unsaturated/α-hetero) is 1. The number of benzene rings is 1. The maximum absolute atomic E-state index is 12.6. The average molecular weight is 340 g/mol. The minimum atomic E-state index is -0.399. The molecule has 1 N–H and O–H groups in total. The molecular formula is C19H20N2O4. The van der Waals surface area contributed by atoms with Crippen LogP contribution in [-0.4, -0.2) is 34.9 Å². The van der Waals surface area contributed by atoms with E-state index in [1.807, 2.05) is 0 Å². The zero-order valence-corrected chi connectivity index (χ0v) is 14.0. The molecule has 1 heterocycles. The summed E-state index contributed by atoms with van der Waals surface area (Å²) < 4.78 is 0. The number of ketones is 1. The predicted molar refractivity (Wildman–Crippen MR) is 89.6 cm³/mol. The molecule has 2 aliphatic carbocycles. The number of carbonyl (C=O) groups is 4. The first-order valence-electron chi connectivity index (χ1n) is 8.72. The van der Waals surface area contributed by atoms with Gasteiger partial charge in [-0.3, -0.25) is 24.1 Å². The zero-order chi connectivity index (χ0) is 17.7. The number of imide groups is 1. The van der Waals surface area contributed by atoms with E-state index in [2.05, 4.69) is 5.32 Å². The number of hydrogen-bond donors (Lipinski definition) is 1. The van der Waals surface area contributed by atoms with E-state index in [9.17, 15) is 19.2 Å². The molecule has 1 aromatic carbocycles. The summed E-state index contributed by atoms with van der Waals surface area (Å²) in [7, 11) is 0. The van der Waals surface area contributed by atoms with Crippen molar-refractivity contribution >= 4 is 29.2 Å². The van der Waals surface area contributed by atoms with E-state index in [1.54, 1.807) is 24.3 Å². The van der Waals surface area contributed by atoms with Gasteiger partial charge in [0.15, 0.2) is 5.78 Å². The van der Waals surface area contributed by atoms with Gasteiger partial charge in [0.25, 0.3) is 0 Å². The van der Waals surface area contributed by atoms with Crippen molar-refractivity contribution in [1.82, 2.24) is 4.90 Å². The first-order valence-corrected chi connectivity index (χ1v) is 8.72. The van der Waals surface area contributed by atoms with E-state index in [0.717, 1.165) is 24.2 Å². The molecule has 25 heavy (non-hydrogen) atoms. The Labute approximate surface area is 145 Å². The predicted octanol–water partition coefficient (Wildman–Crippen LogP) is 1.86. The number of anilines is 1. The lowest BCUT2D eigenvalue weighted by Gasteiger charge is -2.19. The fraction of sp³-hybridized carbons (Fsp3) is 0.474. The van der Waals surface area contributed by atoms with Crippen molar-refractivity contribution in [2.75, 3.05) is 11.9 Å². The number of nitrogens with zero attached hydrogens (tertiary/aromatic N) is 1. The Hall–Kier alpha value is -2.50. The van der Waals surface area contributed by atoms with Gasteiger partial charge >= 0.3 is 0 Å². The highest BCUT2D eigenvalue weighted by molar-refractivity contribution is 6.09. The maximum atomic E-state index is 12.6. The Morgan fingerprint density at radius 2 is 1.60 bits per heavy atom. The molecular weight excluding hydrogens is 320 g/mol. The number of likely N-dealkylation sites (tertiary alicyclic amines) is 1. The fourth-order valence-electron chi connectivity index (χ4n) is 4.76. The molecule has 3 amide bonds. The van der Waals surface area contributed by atoms with Crippen molar-refractivity contribution in [3.05, 3.63) is 29.8 Å². The largest absolute Gasteiger partial charge is 0.325 e. The summed E-state index contributed by atoms with van der Waals surface area (Å²) in [6.45, 7) is 1.24. The van der Waals surface area contributed by atoms with Crippen LogP contribution in [0.2, 0.25) is 0 Å². The zero-order valence-electron chi connectivity index (χ0n) is 14.0. The van der Waals surface area contributed by atoms with Crippen molar-refractivity contribution in [3.8, 4) is 0 Å². The molecule has 0 aromatic heterocycles. The average Bonchev–Trinajstić information content (AvgIpc) is 3.25. The minimum Gasteiger partial charge on any atom is -0.325 e.